The molecule has 18 nitrogen and oxygen atoms in total. The lowest BCUT2D eigenvalue weighted by molar-refractivity contribution is -0.135. The number of fused-ring (bicyclic) bond motifs is 1. The van der Waals surface area contributed by atoms with Crippen molar-refractivity contribution in [2.24, 2.45) is 0 Å². The van der Waals surface area contributed by atoms with E-state index in [4.69, 9.17) is 26.6 Å². The van der Waals surface area contributed by atoms with Crippen LogP contribution in [-0.2, 0) is 20.8 Å². The van der Waals surface area contributed by atoms with Crippen molar-refractivity contribution in [2.45, 2.75) is 43.3 Å². The first-order valence-electron chi connectivity index (χ1n) is 18.1. The van der Waals surface area contributed by atoms with Crippen LogP contribution in [0, 0.1) is 5.82 Å². The van der Waals surface area contributed by atoms with Crippen LogP contribution in [0.25, 0.3) is 17.3 Å². The van der Waals surface area contributed by atoms with Gasteiger partial charge in [-0.2, -0.15) is 4.68 Å². The number of carboxylic acid groups (broad SMARTS) is 2. The summed E-state index contributed by atoms with van der Waals surface area (Å²) >= 11 is 6.08. The van der Waals surface area contributed by atoms with E-state index in [0.29, 0.717) is 37.2 Å². The average molecular weight is 838 g/mol. The highest BCUT2D eigenvalue weighted by atomic mass is 35.5. The van der Waals surface area contributed by atoms with Crippen LogP contribution in [-0.4, -0.2) is 147 Å². The van der Waals surface area contributed by atoms with Crippen molar-refractivity contribution >= 4 is 53.2 Å². The van der Waals surface area contributed by atoms with Gasteiger partial charge in [-0.25, -0.2) is 9.18 Å². The number of carbonyl (C=O) groups is 4. The number of β-amino-alcohol motifs (C(OH)–C–C–N with tert-alkyl or cyclic N) is 1. The number of halogens is 2. The highest BCUT2D eigenvalue weighted by Crippen LogP contribution is 2.37. The van der Waals surface area contributed by atoms with Crippen LogP contribution in [0.15, 0.2) is 73.1 Å². The van der Waals surface area contributed by atoms with Crippen molar-refractivity contribution in [3.05, 3.63) is 112 Å². The van der Waals surface area contributed by atoms with Crippen LogP contribution >= 0.6 is 11.6 Å². The Balaban J connectivity index is 0.00000214. The third kappa shape index (κ3) is 10.4. The number of carbonyl (C=O) groups excluding carboxylic acids is 2. The van der Waals surface area contributed by atoms with Gasteiger partial charge in [0.2, 0.25) is 5.91 Å². The minimum atomic E-state index is -1.73. The van der Waals surface area contributed by atoms with Gasteiger partial charge in [0.15, 0.2) is 5.82 Å². The Morgan fingerprint density at radius 3 is 2.32 bits per heavy atom. The second kappa shape index (κ2) is 20.2. The van der Waals surface area contributed by atoms with Gasteiger partial charge in [-0.15, -0.1) is 5.10 Å². The van der Waals surface area contributed by atoms with Gasteiger partial charge in [0.1, 0.15) is 30.7 Å². The van der Waals surface area contributed by atoms with E-state index in [1.807, 2.05) is 17.0 Å². The zero-order chi connectivity index (χ0) is 42.8. The van der Waals surface area contributed by atoms with Gasteiger partial charge in [0, 0.05) is 43.5 Å². The summed E-state index contributed by atoms with van der Waals surface area (Å²) in [5.41, 5.74) is 3.69. The molecule has 0 saturated heterocycles. The molecule has 2 aliphatic heterocycles. The molecule has 3 heterocycles. The molecule has 1 aromatic heterocycles. The smallest absolute Gasteiger partial charge is 0.335 e. The molecular formula is C39H41ClFN7O11. The van der Waals surface area contributed by atoms with E-state index in [0.717, 1.165) is 22.8 Å². The number of anilines is 1. The summed E-state index contributed by atoms with van der Waals surface area (Å²) in [4.78, 5) is 51.2. The van der Waals surface area contributed by atoms with Crippen LogP contribution in [0.5, 0.6) is 0 Å². The number of tetrazole rings is 1. The third-order valence-corrected chi connectivity index (χ3v) is 10.2. The third-order valence-electron chi connectivity index (χ3n) is 9.86. The molecule has 59 heavy (non-hydrogen) atoms. The molecule has 3 aromatic carbocycles. The maximum absolute atomic E-state index is 15.3. The molecule has 20 heteroatoms. The molecule has 1 unspecified atom stereocenters. The first-order chi connectivity index (χ1) is 28.3. The molecule has 5 atom stereocenters. The van der Waals surface area contributed by atoms with Crippen molar-refractivity contribution in [1.29, 1.82) is 0 Å². The van der Waals surface area contributed by atoms with Crippen molar-refractivity contribution in [1.82, 2.24) is 30.0 Å². The van der Waals surface area contributed by atoms with Gasteiger partial charge >= 0.3 is 5.97 Å². The largest absolute Gasteiger partial charge is 0.483 e. The van der Waals surface area contributed by atoms with E-state index in [1.165, 1.54) is 58.4 Å². The molecule has 6 rings (SSSR count). The summed E-state index contributed by atoms with van der Waals surface area (Å²) in [5, 5.41) is 79.3. The highest BCUT2D eigenvalue weighted by Gasteiger charge is 2.37. The summed E-state index contributed by atoms with van der Waals surface area (Å²) in [6.45, 7) is -0.0909. The van der Waals surface area contributed by atoms with Crippen molar-refractivity contribution < 1.29 is 59.3 Å². The number of nitrogens with zero attached hydrogens (tertiary/aromatic N) is 6. The predicted molar refractivity (Wildman–Crippen MR) is 209 cm³/mol. The Labute approximate surface area is 340 Å². The molecule has 2 amide bonds. The Morgan fingerprint density at radius 1 is 0.983 bits per heavy atom. The first-order valence-corrected chi connectivity index (χ1v) is 18.5. The fourth-order valence-corrected chi connectivity index (χ4v) is 7.06. The quantitative estimate of drug-likeness (QED) is 0.0694. The number of hydrogen-bond donors (Lipinski definition) is 8. The van der Waals surface area contributed by atoms with Crippen LogP contribution in [0.3, 0.4) is 0 Å². The summed E-state index contributed by atoms with van der Waals surface area (Å²) in [5.74, 6) is -3.11. The van der Waals surface area contributed by atoms with Gasteiger partial charge in [0.25, 0.3) is 12.4 Å². The molecule has 2 aliphatic rings. The van der Waals surface area contributed by atoms with Crippen molar-refractivity contribution in [3.63, 3.8) is 0 Å². The number of hydrogen-bond acceptors (Lipinski definition) is 13. The lowest BCUT2D eigenvalue weighted by atomic mass is 9.84. The average Bonchev–Trinajstić information content (AvgIpc) is 3.78. The normalized spacial score (nSPS) is 17.4. The molecule has 0 spiro atoms. The maximum Gasteiger partial charge on any atom is 0.335 e. The Morgan fingerprint density at radius 2 is 1.69 bits per heavy atom. The topological polar surface area (TPSA) is 272 Å². The van der Waals surface area contributed by atoms with Gasteiger partial charge in [-0.3, -0.25) is 19.3 Å². The number of rotatable bonds is 13. The van der Waals surface area contributed by atoms with E-state index >= 15 is 4.39 Å². The summed E-state index contributed by atoms with van der Waals surface area (Å²) < 4.78 is 16.6. The fourth-order valence-electron chi connectivity index (χ4n) is 6.89. The summed E-state index contributed by atoms with van der Waals surface area (Å²) in [7, 11) is 0. The monoisotopic (exact) mass is 837 g/mol. The molecule has 0 aliphatic carbocycles. The van der Waals surface area contributed by atoms with E-state index in [1.54, 1.807) is 12.1 Å². The fraction of sp³-hybridized carbons (Fsp3) is 0.308. The summed E-state index contributed by atoms with van der Waals surface area (Å²) in [6.07, 6.45) is 0.0740. The van der Waals surface area contributed by atoms with E-state index in [2.05, 4.69) is 20.8 Å². The van der Waals surface area contributed by atoms with Gasteiger partial charge in [0.05, 0.1) is 29.0 Å². The van der Waals surface area contributed by atoms with E-state index < -0.39 is 60.7 Å². The second-order valence-electron chi connectivity index (χ2n) is 13.5. The van der Waals surface area contributed by atoms with E-state index in [-0.39, 0.29) is 41.4 Å². The minimum Gasteiger partial charge on any atom is -0.483 e. The number of carboxylic acids is 1. The number of aliphatic hydroxyl groups is 5. The predicted octanol–water partition coefficient (Wildman–Crippen LogP) is 1.16. The number of aromatic nitrogens is 4. The van der Waals surface area contributed by atoms with Crippen LogP contribution in [0.4, 0.5) is 10.1 Å². The SMILES string of the molecule is O=C(O)c1ccc(NC(=O)C2c3cccc(C4=CCN(C[C@H](O)[C@@H](O)[C@H](O)[C@H](O)CO)CC4)c3CCN2C(=O)/C=C/c2c(-n3cnnn3)ccc(Cl)c2F)cc1.O=CO. The second-order valence-corrected chi connectivity index (χ2v) is 13.9. The molecule has 0 radical (unpaired) electrons. The first kappa shape index (κ1) is 44.2. The molecule has 312 valence electrons. The zero-order valence-electron chi connectivity index (χ0n) is 31.1. The highest BCUT2D eigenvalue weighted by molar-refractivity contribution is 6.31. The maximum atomic E-state index is 15.3. The van der Waals surface area contributed by atoms with Crippen LogP contribution < -0.4 is 5.32 Å². The summed E-state index contributed by atoms with van der Waals surface area (Å²) in [6, 6.07) is 12.7. The van der Waals surface area contributed by atoms with Crippen molar-refractivity contribution in [3.8, 4) is 5.69 Å². The zero-order valence-corrected chi connectivity index (χ0v) is 31.9. The number of nitrogens with one attached hydrogen (secondary N) is 1. The van der Waals surface area contributed by atoms with Gasteiger partial charge < -0.3 is 46.0 Å². The lowest BCUT2D eigenvalue weighted by Crippen LogP contribution is -2.50. The van der Waals surface area contributed by atoms with Gasteiger partial charge in [-0.1, -0.05) is 35.9 Å². The number of aromatic carboxylic acids is 1. The number of benzene rings is 3. The Kier molecular flexibility index (Phi) is 15.1. The van der Waals surface area contributed by atoms with Crippen LogP contribution in [0.2, 0.25) is 5.02 Å². The molecule has 0 fully saturated rings. The molecule has 0 bridgehead atoms. The Bertz CT molecular complexity index is 2190. The number of aliphatic hydroxyl groups excluding tert-OH is 5. The Hall–Kier alpha value is -5.93. The molecule has 4 aromatic rings. The van der Waals surface area contributed by atoms with Crippen molar-refractivity contribution in [2.75, 3.05) is 38.1 Å². The standard InChI is InChI=1S/C38H39ClFN7O9.CH2O2/c39-28-9-10-29(47-20-41-43-44-47)27(33(28)40)8-11-32(51)46-17-14-25-24(21-12-15-45(16-13-21)18-30(49)35(52)36(53)31(50)19-48)2-1-3-26(25)34(46)37(54)42-23-6-4-22(5-7-23)38(55)56;2-1-3/h1-12,20,30-31,34-36,48-50,52-53H,13-19H2,(H,42,54)(H,55,56);1H,(H,2,3)/b11-8+;/t30-,31+,34?,35+,36+;/m0./s1. The van der Waals surface area contributed by atoms with Gasteiger partial charge in [-0.05, 0) is 88.0 Å². The van der Waals surface area contributed by atoms with E-state index in [9.17, 15) is 39.9 Å². The number of amides is 2. The molecular weight excluding hydrogens is 797 g/mol. The lowest BCUT2D eigenvalue weighted by Gasteiger charge is -2.37. The molecule has 8 N–H and O–H groups in total. The molecule has 0 saturated carbocycles. The van der Waals surface area contributed by atoms with Crippen LogP contribution in [0.1, 0.15) is 45.1 Å². The minimum absolute atomic E-state index is 0.0103.